The summed E-state index contributed by atoms with van der Waals surface area (Å²) >= 11 is 5.99. The zero-order chi connectivity index (χ0) is 12.5. The average Bonchev–Trinajstić information content (AvgIpc) is 3.10. The van der Waals surface area contributed by atoms with Crippen LogP contribution >= 0.6 is 11.6 Å². The van der Waals surface area contributed by atoms with Gasteiger partial charge in [-0.15, -0.1) is 0 Å². The smallest absolute Gasteiger partial charge is 0.223 e. The number of rotatable bonds is 4. The highest BCUT2D eigenvalue weighted by Crippen LogP contribution is 2.30. The van der Waals surface area contributed by atoms with Gasteiger partial charge >= 0.3 is 0 Å². The van der Waals surface area contributed by atoms with E-state index in [1.54, 1.807) is 0 Å². The maximum Gasteiger partial charge on any atom is 0.223 e. The van der Waals surface area contributed by atoms with Gasteiger partial charge in [-0.3, -0.25) is 4.79 Å². The van der Waals surface area contributed by atoms with E-state index in [0.29, 0.717) is 6.54 Å². The fourth-order valence-electron chi connectivity index (χ4n) is 1.81. The number of carbonyl (C=O) groups excluding carboxylic acids is 1. The van der Waals surface area contributed by atoms with E-state index >= 15 is 0 Å². The number of hydrogen-bond donors (Lipinski definition) is 1. The van der Waals surface area contributed by atoms with Crippen molar-refractivity contribution in [3.05, 3.63) is 34.9 Å². The highest BCUT2D eigenvalue weighted by Gasteiger charge is 2.31. The Bertz CT molecular complexity index is 424. The predicted molar refractivity (Wildman–Crippen MR) is 70.2 cm³/mol. The second-order valence-electron chi connectivity index (χ2n) is 5.39. The van der Waals surface area contributed by atoms with Gasteiger partial charge in [0.2, 0.25) is 5.91 Å². The molecule has 0 unspecified atom stereocenters. The van der Waals surface area contributed by atoms with Crippen LogP contribution in [0.15, 0.2) is 24.3 Å². The Morgan fingerprint density at radius 2 is 2.18 bits per heavy atom. The van der Waals surface area contributed by atoms with Crippen molar-refractivity contribution in [3.8, 4) is 0 Å². The summed E-state index contributed by atoms with van der Waals surface area (Å²) in [6.07, 6.45) is 2.09. The summed E-state index contributed by atoms with van der Waals surface area (Å²) < 4.78 is 0. The van der Waals surface area contributed by atoms with Crippen LogP contribution in [0.1, 0.15) is 32.3 Å². The van der Waals surface area contributed by atoms with E-state index < -0.39 is 0 Å². The van der Waals surface area contributed by atoms with Crippen LogP contribution in [0.2, 0.25) is 5.02 Å². The lowest BCUT2D eigenvalue weighted by atomic mass is 9.84. The van der Waals surface area contributed by atoms with E-state index in [1.807, 2.05) is 18.2 Å². The highest BCUT2D eigenvalue weighted by atomic mass is 35.5. The Hall–Kier alpha value is -1.02. The predicted octanol–water partition coefficient (Wildman–Crippen LogP) is 3.14. The number of carbonyl (C=O) groups is 1. The van der Waals surface area contributed by atoms with Crippen LogP contribution in [0.5, 0.6) is 0 Å². The quantitative estimate of drug-likeness (QED) is 0.875. The molecule has 0 atom stereocenters. The third kappa shape index (κ3) is 3.22. The Morgan fingerprint density at radius 1 is 1.47 bits per heavy atom. The van der Waals surface area contributed by atoms with E-state index in [-0.39, 0.29) is 17.2 Å². The van der Waals surface area contributed by atoms with E-state index in [1.165, 1.54) is 0 Å². The minimum absolute atomic E-state index is 0.0878. The molecule has 0 aromatic heterocycles. The molecule has 0 radical (unpaired) electrons. The van der Waals surface area contributed by atoms with Crippen LogP contribution in [0.4, 0.5) is 0 Å². The van der Waals surface area contributed by atoms with Gasteiger partial charge in [0.25, 0.3) is 0 Å². The van der Waals surface area contributed by atoms with Crippen LogP contribution < -0.4 is 5.32 Å². The lowest BCUT2D eigenvalue weighted by molar-refractivity contribution is -0.122. The summed E-state index contributed by atoms with van der Waals surface area (Å²) in [4.78, 5) is 11.6. The third-order valence-electron chi connectivity index (χ3n) is 3.26. The zero-order valence-corrected chi connectivity index (χ0v) is 11.1. The first-order valence-corrected chi connectivity index (χ1v) is 6.40. The van der Waals surface area contributed by atoms with Crippen molar-refractivity contribution >= 4 is 17.5 Å². The van der Waals surface area contributed by atoms with Crippen molar-refractivity contribution in [2.24, 2.45) is 5.92 Å². The van der Waals surface area contributed by atoms with Gasteiger partial charge in [0.1, 0.15) is 0 Å². The van der Waals surface area contributed by atoms with Gasteiger partial charge in [0.15, 0.2) is 0 Å². The van der Waals surface area contributed by atoms with E-state index in [2.05, 4.69) is 25.2 Å². The highest BCUT2D eigenvalue weighted by molar-refractivity contribution is 6.30. The molecule has 2 nitrogen and oxygen atoms in total. The van der Waals surface area contributed by atoms with E-state index in [0.717, 1.165) is 23.4 Å². The summed E-state index contributed by atoms with van der Waals surface area (Å²) in [5.41, 5.74) is 1.07. The minimum atomic E-state index is -0.0878. The fourth-order valence-corrected chi connectivity index (χ4v) is 2.00. The Balaban J connectivity index is 1.99. The Labute approximate surface area is 107 Å². The first kappa shape index (κ1) is 12.4. The summed E-state index contributed by atoms with van der Waals surface area (Å²) in [6, 6.07) is 7.83. The molecule has 1 aromatic carbocycles. The molecule has 1 amide bonds. The Kier molecular flexibility index (Phi) is 3.43. The van der Waals surface area contributed by atoms with Crippen LogP contribution in [-0.2, 0) is 10.2 Å². The van der Waals surface area contributed by atoms with Crippen molar-refractivity contribution in [1.82, 2.24) is 5.32 Å². The van der Waals surface area contributed by atoms with Gasteiger partial charge in [-0.1, -0.05) is 37.6 Å². The molecule has 2 rings (SSSR count). The fraction of sp³-hybridized carbons (Fsp3) is 0.500. The van der Waals surface area contributed by atoms with Gasteiger partial charge in [-0.2, -0.15) is 0 Å². The number of nitrogens with one attached hydrogen (secondary N) is 1. The van der Waals surface area contributed by atoms with E-state index in [4.69, 9.17) is 11.6 Å². The Morgan fingerprint density at radius 3 is 2.76 bits per heavy atom. The molecule has 0 bridgehead atoms. The first-order chi connectivity index (χ1) is 7.99. The van der Waals surface area contributed by atoms with Gasteiger partial charge in [-0.05, 0) is 30.5 Å². The topological polar surface area (TPSA) is 29.1 Å². The molecule has 0 heterocycles. The monoisotopic (exact) mass is 251 g/mol. The van der Waals surface area contributed by atoms with Crippen molar-refractivity contribution < 1.29 is 4.79 Å². The molecule has 0 aliphatic heterocycles. The van der Waals surface area contributed by atoms with Crippen molar-refractivity contribution in [2.45, 2.75) is 32.1 Å². The van der Waals surface area contributed by atoms with Gasteiger partial charge in [0, 0.05) is 22.9 Å². The second kappa shape index (κ2) is 4.69. The number of benzene rings is 1. The molecule has 1 N–H and O–H groups in total. The van der Waals surface area contributed by atoms with Crippen molar-refractivity contribution in [3.63, 3.8) is 0 Å². The van der Waals surface area contributed by atoms with Crippen LogP contribution in [0, 0.1) is 5.92 Å². The molecule has 3 heteroatoms. The molecule has 1 aromatic rings. The maximum absolute atomic E-state index is 11.6. The molecule has 1 fully saturated rings. The summed E-state index contributed by atoms with van der Waals surface area (Å²) in [6.45, 7) is 4.89. The van der Waals surface area contributed by atoms with Gasteiger partial charge in [0.05, 0.1) is 0 Å². The molecular weight excluding hydrogens is 234 g/mol. The summed E-state index contributed by atoms with van der Waals surface area (Å²) in [7, 11) is 0. The molecule has 1 saturated carbocycles. The van der Waals surface area contributed by atoms with E-state index in [9.17, 15) is 4.79 Å². The van der Waals surface area contributed by atoms with Gasteiger partial charge in [-0.25, -0.2) is 0 Å². The molecule has 92 valence electrons. The largest absolute Gasteiger partial charge is 0.355 e. The molecule has 1 aliphatic rings. The lowest BCUT2D eigenvalue weighted by Gasteiger charge is -2.26. The van der Waals surface area contributed by atoms with Crippen molar-refractivity contribution in [2.75, 3.05) is 6.54 Å². The van der Waals surface area contributed by atoms with Crippen molar-refractivity contribution in [1.29, 1.82) is 0 Å². The second-order valence-corrected chi connectivity index (χ2v) is 5.82. The molecule has 0 spiro atoms. The average molecular weight is 252 g/mol. The summed E-state index contributed by atoms with van der Waals surface area (Å²) in [5, 5.41) is 3.76. The number of amides is 1. The maximum atomic E-state index is 11.6. The van der Waals surface area contributed by atoms with Crippen LogP contribution in [-0.4, -0.2) is 12.5 Å². The van der Waals surface area contributed by atoms with Gasteiger partial charge < -0.3 is 5.32 Å². The molecule has 1 aliphatic carbocycles. The standard InChI is InChI=1S/C14H18ClNO/c1-14(2,9-16-13(17)10-6-7-10)11-4-3-5-12(15)8-11/h3-5,8,10H,6-7,9H2,1-2H3,(H,16,17). The SMILES string of the molecule is CC(C)(CNC(=O)C1CC1)c1cccc(Cl)c1. The van der Waals surface area contributed by atoms with Crippen LogP contribution in [0.25, 0.3) is 0 Å². The number of halogens is 1. The zero-order valence-electron chi connectivity index (χ0n) is 10.3. The molecule has 0 saturated heterocycles. The molecule has 17 heavy (non-hydrogen) atoms. The lowest BCUT2D eigenvalue weighted by Crippen LogP contribution is -2.37. The third-order valence-corrected chi connectivity index (χ3v) is 3.49. The molecular formula is C14H18ClNO. The summed E-state index contributed by atoms with van der Waals surface area (Å²) in [5.74, 6) is 0.463. The first-order valence-electron chi connectivity index (χ1n) is 6.03. The normalized spacial score (nSPS) is 15.7. The minimum Gasteiger partial charge on any atom is -0.355 e. The van der Waals surface area contributed by atoms with Crippen LogP contribution in [0.3, 0.4) is 0 Å². The number of hydrogen-bond acceptors (Lipinski definition) is 1.